The summed E-state index contributed by atoms with van der Waals surface area (Å²) in [5.74, 6) is -0.423. The fourth-order valence-corrected chi connectivity index (χ4v) is 4.66. The summed E-state index contributed by atoms with van der Waals surface area (Å²) in [5, 5.41) is 7.97. The lowest BCUT2D eigenvalue weighted by Gasteiger charge is -2.13. The highest BCUT2D eigenvalue weighted by atomic mass is 32.2. The maximum Gasteiger partial charge on any atom is 0.319 e. The van der Waals surface area contributed by atoms with Gasteiger partial charge in [-0.3, -0.25) is 9.59 Å². The summed E-state index contributed by atoms with van der Waals surface area (Å²) in [5.41, 5.74) is 1.83. The lowest BCUT2D eigenvalue weighted by atomic mass is 10.1. The molecule has 0 bridgehead atoms. The molecule has 0 aromatic heterocycles. The number of hydrogen-bond donors (Lipinski definition) is 3. The first-order chi connectivity index (χ1) is 13.7. The van der Waals surface area contributed by atoms with Crippen molar-refractivity contribution in [3.05, 3.63) is 59.7 Å². The topological polar surface area (TPSA) is 121 Å². The van der Waals surface area contributed by atoms with E-state index in [9.17, 15) is 22.8 Å². The molecule has 3 rings (SSSR count). The molecule has 1 atom stereocenters. The number of anilines is 2. The first-order valence-corrected chi connectivity index (χ1v) is 10.8. The SMILES string of the molecule is CC(=O)c1ccc(NC(=O)c2cccc(NC(=O)N[C@@H]3CCS(=O)(=O)C3)c2)cc1. The largest absolute Gasteiger partial charge is 0.334 e. The van der Waals surface area contributed by atoms with Crippen molar-refractivity contribution < 1.29 is 22.8 Å². The standard InChI is InChI=1S/C20H21N3O5S/c1-13(24)14-5-7-16(8-6-14)21-19(25)15-3-2-4-17(11-15)22-20(26)23-18-9-10-29(27,28)12-18/h2-8,11,18H,9-10,12H2,1H3,(H,21,25)(H2,22,23,26)/t18-/m1/s1. The second-order valence-corrected chi connectivity index (χ2v) is 9.10. The third kappa shape index (κ3) is 5.64. The van der Waals surface area contributed by atoms with E-state index in [1.54, 1.807) is 42.5 Å². The number of benzene rings is 2. The molecule has 29 heavy (non-hydrogen) atoms. The minimum atomic E-state index is -3.08. The number of ketones is 1. The van der Waals surface area contributed by atoms with Crippen LogP contribution in [0.2, 0.25) is 0 Å². The quantitative estimate of drug-likeness (QED) is 0.648. The van der Waals surface area contributed by atoms with Crippen LogP contribution in [0.4, 0.5) is 16.2 Å². The molecule has 0 unspecified atom stereocenters. The van der Waals surface area contributed by atoms with Gasteiger partial charge in [0.2, 0.25) is 0 Å². The molecule has 152 valence electrons. The lowest BCUT2D eigenvalue weighted by molar-refractivity contribution is 0.101. The van der Waals surface area contributed by atoms with Crippen molar-refractivity contribution in [2.45, 2.75) is 19.4 Å². The Hall–Kier alpha value is -3.20. The Labute approximate surface area is 168 Å². The molecule has 0 saturated carbocycles. The number of rotatable bonds is 5. The smallest absolute Gasteiger partial charge is 0.319 e. The maximum absolute atomic E-state index is 12.4. The van der Waals surface area contributed by atoms with Gasteiger partial charge < -0.3 is 16.0 Å². The van der Waals surface area contributed by atoms with E-state index in [1.165, 1.54) is 13.0 Å². The molecule has 1 fully saturated rings. The summed E-state index contributed by atoms with van der Waals surface area (Å²) in [6, 6.07) is 12.0. The van der Waals surface area contributed by atoms with Gasteiger partial charge in [-0.25, -0.2) is 13.2 Å². The highest BCUT2D eigenvalue weighted by Gasteiger charge is 2.28. The van der Waals surface area contributed by atoms with Crippen LogP contribution in [0.3, 0.4) is 0 Å². The molecule has 1 saturated heterocycles. The maximum atomic E-state index is 12.4. The molecule has 3 amide bonds. The van der Waals surface area contributed by atoms with Crippen molar-refractivity contribution in [1.29, 1.82) is 0 Å². The third-order valence-corrected chi connectivity index (χ3v) is 6.27. The third-order valence-electron chi connectivity index (χ3n) is 4.50. The Balaban J connectivity index is 1.60. The van der Waals surface area contributed by atoms with E-state index in [2.05, 4.69) is 16.0 Å². The molecule has 1 aliphatic rings. The molecule has 8 nitrogen and oxygen atoms in total. The van der Waals surface area contributed by atoms with Gasteiger partial charge >= 0.3 is 6.03 Å². The average molecular weight is 415 g/mol. The van der Waals surface area contributed by atoms with E-state index in [-0.39, 0.29) is 23.2 Å². The Morgan fingerprint density at radius 2 is 1.66 bits per heavy atom. The Kier molecular flexibility index (Phi) is 5.97. The fraction of sp³-hybridized carbons (Fsp3) is 0.250. The van der Waals surface area contributed by atoms with E-state index in [0.29, 0.717) is 28.9 Å². The van der Waals surface area contributed by atoms with E-state index in [0.717, 1.165) is 0 Å². The number of sulfone groups is 1. The van der Waals surface area contributed by atoms with Gasteiger partial charge in [0.1, 0.15) is 0 Å². The summed E-state index contributed by atoms with van der Waals surface area (Å²) >= 11 is 0. The zero-order chi connectivity index (χ0) is 21.0. The van der Waals surface area contributed by atoms with Gasteiger partial charge in [-0.2, -0.15) is 0 Å². The second-order valence-electron chi connectivity index (χ2n) is 6.87. The van der Waals surface area contributed by atoms with E-state index in [4.69, 9.17) is 0 Å². The lowest BCUT2D eigenvalue weighted by Crippen LogP contribution is -2.38. The average Bonchev–Trinajstić information content (AvgIpc) is 3.00. The zero-order valence-corrected chi connectivity index (χ0v) is 16.6. The number of carbonyl (C=O) groups excluding carboxylic acids is 3. The second kappa shape index (κ2) is 8.44. The molecule has 0 radical (unpaired) electrons. The van der Waals surface area contributed by atoms with Gasteiger partial charge in [0.15, 0.2) is 15.6 Å². The van der Waals surface area contributed by atoms with Crippen LogP contribution in [0.1, 0.15) is 34.1 Å². The van der Waals surface area contributed by atoms with Crippen molar-refractivity contribution in [2.75, 3.05) is 22.1 Å². The molecule has 1 aliphatic heterocycles. The molecule has 0 aliphatic carbocycles. The number of amides is 3. The number of carbonyl (C=O) groups is 3. The van der Waals surface area contributed by atoms with Crippen molar-refractivity contribution in [3.8, 4) is 0 Å². The van der Waals surface area contributed by atoms with Gasteiger partial charge in [0.25, 0.3) is 5.91 Å². The summed E-state index contributed by atoms with van der Waals surface area (Å²) in [6.45, 7) is 1.47. The van der Waals surface area contributed by atoms with Gasteiger partial charge in [-0.1, -0.05) is 6.07 Å². The van der Waals surface area contributed by atoms with Gasteiger partial charge in [-0.05, 0) is 55.8 Å². The number of urea groups is 1. The zero-order valence-electron chi connectivity index (χ0n) is 15.8. The normalized spacial score (nSPS) is 17.3. The molecular formula is C20H21N3O5S. The van der Waals surface area contributed by atoms with Crippen LogP contribution >= 0.6 is 0 Å². The summed E-state index contributed by atoms with van der Waals surface area (Å²) < 4.78 is 22.9. The summed E-state index contributed by atoms with van der Waals surface area (Å²) in [4.78, 5) is 35.9. The van der Waals surface area contributed by atoms with Crippen molar-refractivity contribution in [1.82, 2.24) is 5.32 Å². The van der Waals surface area contributed by atoms with Crippen LogP contribution < -0.4 is 16.0 Å². The Bertz CT molecular complexity index is 1050. The minimum absolute atomic E-state index is 0.0601. The van der Waals surface area contributed by atoms with Crippen LogP contribution in [-0.2, 0) is 9.84 Å². The monoisotopic (exact) mass is 415 g/mol. The van der Waals surface area contributed by atoms with Crippen LogP contribution in [0.25, 0.3) is 0 Å². The van der Waals surface area contributed by atoms with Crippen molar-refractivity contribution in [2.24, 2.45) is 0 Å². The van der Waals surface area contributed by atoms with E-state index < -0.39 is 21.9 Å². The first-order valence-electron chi connectivity index (χ1n) is 9.02. The molecule has 2 aromatic rings. The van der Waals surface area contributed by atoms with Crippen molar-refractivity contribution >= 4 is 38.9 Å². The molecule has 1 heterocycles. The number of nitrogens with one attached hydrogen (secondary N) is 3. The Morgan fingerprint density at radius 1 is 0.931 bits per heavy atom. The van der Waals surface area contributed by atoms with Crippen LogP contribution in [0, 0.1) is 0 Å². The van der Waals surface area contributed by atoms with Gasteiger partial charge in [0, 0.05) is 28.5 Å². The predicted molar refractivity (Wildman–Crippen MR) is 110 cm³/mol. The van der Waals surface area contributed by atoms with E-state index >= 15 is 0 Å². The summed E-state index contributed by atoms with van der Waals surface area (Å²) in [7, 11) is -3.08. The van der Waals surface area contributed by atoms with E-state index in [1.807, 2.05) is 0 Å². The van der Waals surface area contributed by atoms with Crippen LogP contribution in [-0.4, -0.2) is 43.7 Å². The molecule has 0 spiro atoms. The fourth-order valence-electron chi connectivity index (χ4n) is 2.99. The minimum Gasteiger partial charge on any atom is -0.334 e. The molecule has 9 heteroatoms. The van der Waals surface area contributed by atoms with Gasteiger partial charge in [0.05, 0.1) is 11.5 Å². The van der Waals surface area contributed by atoms with Crippen molar-refractivity contribution in [3.63, 3.8) is 0 Å². The first kappa shape index (κ1) is 20.5. The number of hydrogen-bond acceptors (Lipinski definition) is 5. The highest BCUT2D eigenvalue weighted by Crippen LogP contribution is 2.16. The molecule has 2 aromatic carbocycles. The van der Waals surface area contributed by atoms with Crippen LogP contribution in [0.5, 0.6) is 0 Å². The van der Waals surface area contributed by atoms with Gasteiger partial charge in [-0.15, -0.1) is 0 Å². The summed E-state index contributed by atoms with van der Waals surface area (Å²) in [6.07, 6.45) is 0.390. The highest BCUT2D eigenvalue weighted by molar-refractivity contribution is 7.91. The molecular weight excluding hydrogens is 394 g/mol. The van der Waals surface area contributed by atoms with Crippen LogP contribution in [0.15, 0.2) is 48.5 Å². The Morgan fingerprint density at radius 3 is 2.28 bits per heavy atom. The predicted octanol–water partition coefficient (Wildman–Crippen LogP) is 2.45. The number of Topliss-reactive ketones (excluding diaryl/α,β-unsaturated/α-hetero) is 1. The molecule has 3 N–H and O–H groups in total.